The van der Waals surface area contributed by atoms with E-state index < -0.39 is 5.97 Å². The van der Waals surface area contributed by atoms with Crippen LogP contribution in [0.5, 0.6) is 0 Å². The molecule has 0 radical (unpaired) electrons. The van der Waals surface area contributed by atoms with Crippen LogP contribution in [-0.4, -0.2) is 25.6 Å². The number of benzene rings is 1. The highest BCUT2D eigenvalue weighted by Gasteiger charge is 2.12. The average Bonchev–Trinajstić information content (AvgIpc) is 2.83. The molecule has 1 aromatic carbocycles. The van der Waals surface area contributed by atoms with Gasteiger partial charge in [0, 0.05) is 17.8 Å². The predicted molar refractivity (Wildman–Crippen MR) is 70.6 cm³/mol. The molecule has 5 heteroatoms. The Kier molecular flexibility index (Phi) is 2.52. The maximum absolute atomic E-state index is 11.2. The quantitative estimate of drug-likeness (QED) is 0.761. The molecule has 94 valence electrons. The summed E-state index contributed by atoms with van der Waals surface area (Å²) >= 11 is 0. The number of carboxylic acid groups (broad SMARTS) is 1. The molecule has 0 spiro atoms. The van der Waals surface area contributed by atoms with E-state index in [4.69, 9.17) is 5.11 Å². The average molecular weight is 253 g/mol. The third kappa shape index (κ3) is 1.85. The summed E-state index contributed by atoms with van der Waals surface area (Å²) in [6.45, 7) is 1.87. The monoisotopic (exact) mass is 253 g/mol. The van der Waals surface area contributed by atoms with Crippen LogP contribution >= 0.6 is 0 Å². The highest BCUT2D eigenvalue weighted by atomic mass is 16.4. The Hall–Kier alpha value is -2.69. The van der Waals surface area contributed by atoms with Crippen molar-refractivity contribution in [3.8, 4) is 5.69 Å². The minimum atomic E-state index is -1.04. The SMILES string of the molecule is Cc1nccn1-c1cc(C(=O)O)nc2ccccc12. The van der Waals surface area contributed by atoms with Crippen molar-refractivity contribution in [3.05, 3.63) is 54.2 Å². The number of rotatable bonds is 2. The number of hydrogen-bond acceptors (Lipinski definition) is 3. The smallest absolute Gasteiger partial charge is 0.354 e. The topological polar surface area (TPSA) is 68.0 Å². The van der Waals surface area contributed by atoms with Gasteiger partial charge in [-0.3, -0.25) is 0 Å². The molecule has 0 unspecified atom stereocenters. The van der Waals surface area contributed by atoms with Gasteiger partial charge in [-0.2, -0.15) is 0 Å². The van der Waals surface area contributed by atoms with E-state index in [1.54, 1.807) is 18.3 Å². The second-order valence-corrected chi connectivity index (χ2v) is 4.19. The third-order valence-corrected chi connectivity index (χ3v) is 3.00. The van der Waals surface area contributed by atoms with Crippen LogP contribution in [0.25, 0.3) is 16.6 Å². The van der Waals surface area contributed by atoms with Crippen molar-refractivity contribution in [1.82, 2.24) is 14.5 Å². The number of aryl methyl sites for hydroxylation is 1. The van der Waals surface area contributed by atoms with Gasteiger partial charge in [-0.05, 0) is 19.1 Å². The zero-order valence-corrected chi connectivity index (χ0v) is 10.2. The summed E-state index contributed by atoms with van der Waals surface area (Å²) in [5.74, 6) is -0.238. The number of carboxylic acids is 1. The Morgan fingerprint density at radius 1 is 1.32 bits per heavy atom. The molecule has 0 saturated heterocycles. The van der Waals surface area contributed by atoms with Crippen LogP contribution in [0.2, 0.25) is 0 Å². The van der Waals surface area contributed by atoms with Gasteiger partial charge in [0.25, 0.3) is 0 Å². The third-order valence-electron chi connectivity index (χ3n) is 3.00. The molecule has 0 aliphatic carbocycles. The van der Waals surface area contributed by atoms with E-state index >= 15 is 0 Å². The Morgan fingerprint density at radius 2 is 2.11 bits per heavy atom. The second-order valence-electron chi connectivity index (χ2n) is 4.19. The zero-order chi connectivity index (χ0) is 13.4. The molecule has 0 atom stereocenters. The molecule has 0 fully saturated rings. The van der Waals surface area contributed by atoms with Crippen molar-refractivity contribution >= 4 is 16.9 Å². The maximum atomic E-state index is 11.2. The Balaban J connectivity index is 2.39. The number of hydrogen-bond donors (Lipinski definition) is 1. The lowest BCUT2D eigenvalue weighted by atomic mass is 10.1. The highest BCUT2D eigenvalue weighted by Crippen LogP contribution is 2.23. The van der Waals surface area contributed by atoms with E-state index in [0.29, 0.717) is 5.52 Å². The Bertz CT molecular complexity index is 777. The van der Waals surface area contributed by atoms with E-state index in [-0.39, 0.29) is 5.69 Å². The molecule has 2 heterocycles. The van der Waals surface area contributed by atoms with Crippen molar-refractivity contribution < 1.29 is 9.90 Å². The summed E-state index contributed by atoms with van der Waals surface area (Å²) in [6.07, 6.45) is 3.49. The standard InChI is InChI=1S/C14H11N3O2/c1-9-15-6-7-17(9)13-8-12(14(18)19)16-11-5-3-2-4-10(11)13/h2-8H,1H3,(H,18,19). The number of aromatic nitrogens is 3. The molecule has 0 saturated carbocycles. The lowest BCUT2D eigenvalue weighted by molar-refractivity contribution is 0.0691. The van der Waals surface area contributed by atoms with Crippen molar-refractivity contribution in [2.45, 2.75) is 6.92 Å². The highest BCUT2D eigenvalue weighted by molar-refractivity contribution is 5.94. The first-order chi connectivity index (χ1) is 9.16. The fourth-order valence-corrected chi connectivity index (χ4v) is 2.10. The molecule has 3 aromatic rings. The predicted octanol–water partition coefficient (Wildman–Crippen LogP) is 2.43. The number of imidazole rings is 1. The van der Waals surface area contributed by atoms with Crippen LogP contribution in [0.15, 0.2) is 42.7 Å². The van der Waals surface area contributed by atoms with Crippen LogP contribution < -0.4 is 0 Å². The molecule has 1 N–H and O–H groups in total. The van der Waals surface area contributed by atoms with E-state index in [1.807, 2.05) is 35.9 Å². The Labute approximate surface area is 109 Å². The van der Waals surface area contributed by atoms with Crippen molar-refractivity contribution in [2.24, 2.45) is 0 Å². The van der Waals surface area contributed by atoms with Crippen LogP contribution in [0.3, 0.4) is 0 Å². The fraction of sp³-hybridized carbons (Fsp3) is 0.0714. The molecule has 0 bridgehead atoms. The molecule has 2 aromatic heterocycles. The number of para-hydroxylation sites is 1. The van der Waals surface area contributed by atoms with E-state index in [1.165, 1.54) is 0 Å². The fourth-order valence-electron chi connectivity index (χ4n) is 2.10. The summed E-state index contributed by atoms with van der Waals surface area (Å²) in [4.78, 5) is 19.5. The summed E-state index contributed by atoms with van der Waals surface area (Å²) in [5.41, 5.74) is 1.46. The number of fused-ring (bicyclic) bond motifs is 1. The van der Waals surface area contributed by atoms with Gasteiger partial charge in [-0.1, -0.05) is 18.2 Å². The minimum Gasteiger partial charge on any atom is -0.477 e. The summed E-state index contributed by atoms with van der Waals surface area (Å²) < 4.78 is 1.86. The molecule has 0 aliphatic rings. The van der Waals surface area contributed by atoms with Gasteiger partial charge < -0.3 is 9.67 Å². The van der Waals surface area contributed by atoms with Crippen molar-refractivity contribution in [2.75, 3.05) is 0 Å². The van der Waals surface area contributed by atoms with Crippen molar-refractivity contribution in [1.29, 1.82) is 0 Å². The van der Waals surface area contributed by atoms with Gasteiger partial charge in [0.1, 0.15) is 5.82 Å². The lowest BCUT2D eigenvalue weighted by Crippen LogP contribution is -2.05. The van der Waals surface area contributed by atoms with E-state index in [0.717, 1.165) is 16.9 Å². The number of nitrogens with zero attached hydrogens (tertiary/aromatic N) is 3. The largest absolute Gasteiger partial charge is 0.477 e. The van der Waals surface area contributed by atoms with Gasteiger partial charge in [0.2, 0.25) is 0 Å². The lowest BCUT2D eigenvalue weighted by Gasteiger charge is -2.10. The number of pyridine rings is 1. The van der Waals surface area contributed by atoms with Gasteiger partial charge in [0.05, 0.1) is 11.2 Å². The van der Waals surface area contributed by atoms with Gasteiger partial charge >= 0.3 is 5.97 Å². The van der Waals surface area contributed by atoms with Crippen LogP contribution in [-0.2, 0) is 0 Å². The first-order valence-corrected chi connectivity index (χ1v) is 5.80. The molecular weight excluding hydrogens is 242 g/mol. The minimum absolute atomic E-state index is 0.0294. The first kappa shape index (κ1) is 11.4. The van der Waals surface area contributed by atoms with Crippen LogP contribution in [0.1, 0.15) is 16.3 Å². The summed E-state index contributed by atoms with van der Waals surface area (Å²) in [5, 5.41) is 10.0. The van der Waals surface area contributed by atoms with Gasteiger partial charge in [-0.15, -0.1) is 0 Å². The molecule has 0 aliphatic heterocycles. The molecular formula is C14H11N3O2. The molecule has 0 amide bonds. The van der Waals surface area contributed by atoms with Crippen LogP contribution in [0, 0.1) is 6.92 Å². The molecule has 19 heavy (non-hydrogen) atoms. The second kappa shape index (κ2) is 4.20. The van der Waals surface area contributed by atoms with Crippen molar-refractivity contribution in [3.63, 3.8) is 0 Å². The number of aromatic carboxylic acids is 1. The number of carbonyl (C=O) groups is 1. The van der Waals surface area contributed by atoms with E-state index in [9.17, 15) is 4.79 Å². The normalized spacial score (nSPS) is 10.8. The molecule has 3 rings (SSSR count). The maximum Gasteiger partial charge on any atom is 0.354 e. The van der Waals surface area contributed by atoms with Crippen LogP contribution in [0.4, 0.5) is 0 Å². The first-order valence-electron chi connectivity index (χ1n) is 5.80. The molecule has 5 nitrogen and oxygen atoms in total. The zero-order valence-electron chi connectivity index (χ0n) is 10.2. The van der Waals surface area contributed by atoms with Gasteiger partial charge in [-0.25, -0.2) is 14.8 Å². The Morgan fingerprint density at radius 3 is 2.79 bits per heavy atom. The van der Waals surface area contributed by atoms with E-state index in [2.05, 4.69) is 9.97 Å². The summed E-state index contributed by atoms with van der Waals surface area (Å²) in [6, 6.07) is 9.03. The summed E-state index contributed by atoms with van der Waals surface area (Å²) in [7, 11) is 0. The van der Waals surface area contributed by atoms with Gasteiger partial charge in [0.15, 0.2) is 5.69 Å².